The van der Waals surface area contributed by atoms with Gasteiger partial charge in [0.05, 0.1) is 5.69 Å². The molecule has 70 valence electrons. The zero-order valence-electron chi connectivity index (χ0n) is 6.48. The van der Waals surface area contributed by atoms with Crippen molar-refractivity contribution < 1.29 is 24.5 Å². The Kier molecular flexibility index (Phi) is 3.21. The first-order valence-corrected chi connectivity index (χ1v) is 3.34. The van der Waals surface area contributed by atoms with Crippen molar-refractivity contribution in [2.75, 3.05) is 5.73 Å². The maximum Gasteiger partial charge on any atom is 0.554 e. The van der Waals surface area contributed by atoms with Gasteiger partial charge in [-0.1, -0.05) is 6.07 Å². The van der Waals surface area contributed by atoms with E-state index in [9.17, 15) is 4.39 Å². The van der Waals surface area contributed by atoms with Crippen LogP contribution in [0.5, 0.6) is 0 Å². The summed E-state index contributed by atoms with van der Waals surface area (Å²) in [6.07, 6.45) is 0. The summed E-state index contributed by atoms with van der Waals surface area (Å²) in [5.41, 5.74) is 5.26. The van der Waals surface area contributed by atoms with E-state index in [0.717, 1.165) is 6.07 Å². The molecule has 0 radical (unpaired) electrons. The van der Waals surface area contributed by atoms with Crippen LogP contribution in [0.25, 0.3) is 0 Å². The van der Waals surface area contributed by atoms with Gasteiger partial charge in [0, 0.05) is 0 Å². The van der Waals surface area contributed by atoms with Crippen LogP contribution in [0.2, 0.25) is 0 Å². The van der Waals surface area contributed by atoms with Gasteiger partial charge >= 0.3 is 7.12 Å². The molecule has 0 aliphatic carbocycles. The summed E-state index contributed by atoms with van der Waals surface area (Å²) in [7, 11) is -1.44. The van der Waals surface area contributed by atoms with E-state index in [1.165, 1.54) is 12.1 Å². The number of rotatable bonds is 3. The van der Waals surface area contributed by atoms with Crippen LogP contribution in [0, 0.1) is 5.82 Å². The molecule has 0 spiro atoms. The molecule has 1 aromatic rings. The second-order valence-corrected chi connectivity index (χ2v) is 2.32. The molecule has 0 saturated carbocycles. The highest BCUT2D eigenvalue weighted by atomic mass is 19.1. The highest BCUT2D eigenvalue weighted by Crippen LogP contribution is 2.06. The lowest BCUT2D eigenvalue weighted by Gasteiger charge is -2.05. The molecule has 0 saturated heterocycles. The first-order chi connectivity index (χ1) is 6.19. The lowest BCUT2D eigenvalue weighted by atomic mass is 9.80. The van der Waals surface area contributed by atoms with Gasteiger partial charge in [-0.3, -0.25) is 20.1 Å². The van der Waals surface area contributed by atoms with Gasteiger partial charge in [-0.15, -0.1) is 0 Å². The first kappa shape index (κ1) is 9.94. The molecular weight excluding hydrogens is 180 g/mol. The molecule has 0 aliphatic rings. The number of anilines is 1. The standard InChI is InChI=1S/C6H7BFNO4/c8-5-3-4(1-2-6(5)9)7(12-10)13-11/h1-3,10-11H,9H2. The second-order valence-electron chi connectivity index (χ2n) is 2.32. The van der Waals surface area contributed by atoms with Crippen LogP contribution < -0.4 is 11.2 Å². The summed E-state index contributed by atoms with van der Waals surface area (Å²) < 4.78 is 12.8. The average Bonchev–Trinajstić information content (AvgIpc) is 2.13. The molecule has 4 N–H and O–H groups in total. The first-order valence-electron chi connectivity index (χ1n) is 3.34. The molecule has 13 heavy (non-hydrogen) atoms. The lowest BCUT2D eigenvalue weighted by molar-refractivity contribution is -0.221. The normalized spacial score (nSPS) is 10.1. The smallest absolute Gasteiger partial charge is 0.396 e. The molecule has 0 unspecified atom stereocenters. The predicted molar refractivity (Wildman–Crippen MR) is 43.6 cm³/mol. The minimum Gasteiger partial charge on any atom is -0.396 e. The number of hydrogen-bond donors (Lipinski definition) is 3. The van der Waals surface area contributed by atoms with E-state index in [4.69, 9.17) is 16.2 Å². The van der Waals surface area contributed by atoms with Crippen molar-refractivity contribution >= 4 is 18.3 Å². The summed E-state index contributed by atoms with van der Waals surface area (Å²) in [5, 5.41) is 16.4. The van der Waals surface area contributed by atoms with Crippen molar-refractivity contribution in [3.05, 3.63) is 24.0 Å². The Bertz CT molecular complexity index is 294. The van der Waals surface area contributed by atoms with Crippen molar-refractivity contribution in [2.24, 2.45) is 0 Å². The monoisotopic (exact) mass is 187 g/mol. The third-order valence-electron chi connectivity index (χ3n) is 1.49. The van der Waals surface area contributed by atoms with Gasteiger partial charge in [0.25, 0.3) is 0 Å². The van der Waals surface area contributed by atoms with E-state index in [0.29, 0.717) is 0 Å². The van der Waals surface area contributed by atoms with Crippen molar-refractivity contribution in [3.63, 3.8) is 0 Å². The van der Waals surface area contributed by atoms with Gasteiger partial charge in [0.15, 0.2) is 0 Å². The van der Waals surface area contributed by atoms with Crippen molar-refractivity contribution in [1.82, 2.24) is 0 Å². The Morgan fingerprint density at radius 3 is 2.38 bits per heavy atom. The maximum atomic E-state index is 12.8. The molecule has 1 aromatic carbocycles. The van der Waals surface area contributed by atoms with Gasteiger partial charge in [-0.2, -0.15) is 0 Å². The van der Waals surface area contributed by atoms with Crippen LogP contribution in [0.4, 0.5) is 10.1 Å². The number of hydrogen-bond acceptors (Lipinski definition) is 5. The Balaban J connectivity index is 2.95. The summed E-state index contributed by atoms with van der Waals surface area (Å²) in [4.78, 5) is 7.40. The van der Waals surface area contributed by atoms with Crippen LogP contribution in [0.15, 0.2) is 18.2 Å². The molecular formula is C6H7BFNO4. The van der Waals surface area contributed by atoms with Crippen molar-refractivity contribution in [3.8, 4) is 0 Å². The highest BCUT2D eigenvalue weighted by Gasteiger charge is 2.22. The Morgan fingerprint density at radius 2 is 1.92 bits per heavy atom. The van der Waals surface area contributed by atoms with Crippen LogP contribution in [-0.2, 0) is 9.61 Å². The summed E-state index contributed by atoms with van der Waals surface area (Å²) >= 11 is 0. The average molecular weight is 187 g/mol. The fourth-order valence-electron chi connectivity index (χ4n) is 0.831. The third-order valence-corrected chi connectivity index (χ3v) is 1.49. The van der Waals surface area contributed by atoms with Crippen LogP contribution in [-0.4, -0.2) is 17.6 Å². The molecule has 0 heterocycles. The topological polar surface area (TPSA) is 84.9 Å². The van der Waals surface area contributed by atoms with Crippen LogP contribution in [0.1, 0.15) is 0 Å². The number of benzene rings is 1. The molecule has 5 nitrogen and oxygen atoms in total. The Morgan fingerprint density at radius 1 is 1.31 bits per heavy atom. The summed E-state index contributed by atoms with van der Waals surface area (Å²) in [6, 6.07) is 3.58. The van der Waals surface area contributed by atoms with Crippen molar-refractivity contribution in [1.29, 1.82) is 0 Å². The Hall–Kier alpha value is -1.15. The van der Waals surface area contributed by atoms with Crippen LogP contribution >= 0.6 is 0 Å². The lowest BCUT2D eigenvalue weighted by Crippen LogP contribution is -2.35. The summed E-state index contributed by atoms with van der Waals surface area (Å²) in [6.45, 7) is 0. The SMILES string of the molecule is Nc1ccc(B(OO)OO)cc1F. The molecule has 0 aliphatic heterocycles. The largest absolute Gasteiger partial charge is 0.554 e. The number of halogens is 1. The van der Waals surface area contributed by atoms with E-state index in [1.807, 2.05) is 0 Å². The van der Waals surface area contributed by atoms with Gasteiger partial charge < -0.3 is 5.73 Å². The maximum absolute atomic E-state index is 12.8. The molecule has 0 atom stereocenters. The fraction of sp³-hybridized carbons (Fsp3) is 0. The molecule has 7 heteroatoms. The van der Waals surface area contributed by atoms with Crippen LogP contribution in [0.3, 0.4) is 0 Å². The third kappa shape index (κ3) is 2.16. The van der Waals surface area contributed by atoms with Gasteiger partial charge in [0.2, 0.25) is 0 Å². The van der Waals surface area contributed by atoms with E-state index >= 15 is 0 Å². The number of nitrogen functional groups attached to an aromatic ring is 1. The van der Waals surface area contributed by atoms with Gasteiger partial charge in [-0.05, 0) is 17.6 Å². The zero-order chi connectivity index (χ0) is 9.84. The quantitative estimate of drug-likeness (QED) is 0.270. The van der Waals surface area contributed by atoms with E-state index in [2.05, 4.69) is 9.61 Å². The predicted octanol–water partition coefficient (Wildman–Crippen LogP) is 0.0823. The minimum atomic E-state index is -1.44. The Labute approximate surface area is 73.5 Å². The fourth-order valence-corrected chi connectivity index (χ4v) is 0.831. The van der Waals surface area contributed by atoms with Gasteiger partial charge in [-0.25, -0.2) is 4.39 Å². The molecule has 0 amide bonds. The van der Waals surface area contributed by atoms with Crippen molar-refractivity contribution in [2.45, 2.75) is 0 Å². The molecule has 0 aromatic heterocycles. The van der Waals surface area contributed by atoms with Gasteiger partial charge in [0.1, 0.15) is 5.82 Å². The minimum absolute atomic E-state index is 0.0432. The summed E-state index contributed by atoms with van der Waals surface area (Å²) in [5.74, 6) is -0.684. The van der Waals surface area contributed by atoms with E-state index < -0.39 is 12.9 Å². The van der Waals surface area contributed by atoms with E-state index in [1.54, 1.807) is 0 Å². The highest BCUT2D eigenvalue weighted by molar-refractivity contribution is 6.60. The zero-order valence-corrected chi connectivity index (χ0v) is 6.48. The second kappa shape index (κ2) is 4.19. The molecule has 0 bridgehead atoms. The van der Waals surface area contributed by atoms with E-state index in [-0.39, 0.29) is 11.2 Å². The molecule has 1 rings (SSSR count). The number of nitrogens with two attached hydrogens (primary N) is 1. The molecule has 0 fully saturated rings.